The Morgan fingerprint density at radius 2 is 2.26 bits per heavy atom. The number of halogens is 1. The van der Waals surface area contributed by atoms with Crippen LogP contribution in [0.2, 0.25) is 0 Å². The van der Waals surface area contributed by atoms with E-state index >= 15 is 0 Å². The average molecular weight is 384 g/mol. The Bertz CT molecular complexity index is 310. The molecule has 1 heterocycles. The van der Waals surface area contributed by atoms with Crippen molar-refractivity contribution in [3.63, 3.8) is 0 Å². The first-order valence-electron chi connectivity index (χ1n) is 6.45. The SMILES string of the molecule is CC1CN(C(N)=NCCNC(=O)C(C)C)CCO1.I. The van der Waals surface area contributed by atoms with Crippen molar-refractivity contribution in [2.45, 2.75) is 26.9 Å². The minimum absolute atomic E-state index is 0. The van der Waals surface area contributed by atoms with Gasteiger partial charge in [0.1, 0.15) is 0 Å². The molecule has 19 heavy (non-hydrogen) atoms. The quantitative estimate of drug-likeness (QED) is 0.319. The van der Waals surface area contributed by atoms with Crippen LogP contribution in [0, 0.1) is 5.92 Å². The molecule has 0 bridgehead atoms. The smallest absolute Gasteiger partial charge is 0.222 e. The van der Waals surface area contributed by atoms with Crippen LogP contribution in [0.25, 0.3) is 0 Å². The van der Waals surface area contributed by atoms with Crippen molar-refractivity contribution >= 4 is 35.8 Å². The van der Waals surface area contributed by atoms with E-state index in [1.54, 1.807) is 0 Å². The van der Waals surface area contributed by atoms with E-state index in [0.29, 0.717) is 25.7 Å². The second-order valence-corrected chi connectivity index (χ2v) is 4.81. The molecule has 1 aliphatic rings. The van der Waals surface area contributed by atoms with Gasteiger partial charge < -0.3 is 20.7 Å². The van der Waals surface area contributed by atoms with Crippen LogP contribution in [0.3, 0.4) is 0 Å². The molecule has 112 valence electrons. The maximum atomic E-state index is 11.3. The van der Waals surface area contributed by atoms with Crippen LogP contribution in [0.4, 0.5) is 0 Å². The lowest BCUT2D eigenvalue weighted by Gasteiger charge is -2.31. The molecule has 1 fully saturated rings. The first-order valence-corrected chi connectivity index (χ1v) is 6.45. The van der Waals surface area contributed by atoms with Crippen LogP contribution in [0.15, 0.2) is 4.99 Å². The molecule has 1 atom stereocenters. The Hall–Kier alpha value is -0.570. The predicted molar refractivity (Wildman–Crippen MR) is 86.7 cm³/mol. The monoisotopic (exact) mass is 384 g/mol. The largest absolute Gasteiger partial charge is 0.375 e. The molecule has 1 aliphatic heterocycles. The van der Waals surface area contributed by atoms with E-state index in [1.807, 2.05) is 25.7 Å². The van der Waals surface area contributed by atoms with Crippen molar-refractivity contribution in [3.8, 4) is 0 Å². The van der Waals surface area contributed by atoms with Crippen molar-refractivity contribution in [3.05, 3.63) is 0 Å². The number of rotatable bonds is 4. The van der Waals surface area contributed by atoms with Gasteiger partial charge in [-0.1, -0.05) is 13.8 Å². The summed E-state index contributed by atoms with van der Waals surface area (Å²) in [4.78, 5) is 17.6. The van der Waals surface area contributed by atoms with Crippen LogP contribution in [0.5, 0.6) is 0 Å². The lowest BCUT2D eigenvalue weighted by atomic mass is 10.2. The number of nitrogens with zero attached hydrogens (tertiary/aromatic N) is 2. The zero-order valence-corrected chi connectivity index (χ0v) is 14.2. The highest BCUT2D eigenvalue weighted by molar-refractivity contribution is 14.0. The van der Waals surface area contributed by atoms with Gasteiger partial charge in [0.05, 0.1) is 19.3 Å². The Balaban J connectivity index is 0.00000324. The number of aliphatic imine (C=N–C) groups is 1. The van der Waals surface area contributed by atoms with Gasteiger partial charge in [-0.2, -0.15) is 0 Å². The molecule has 0 aromatic rings. The molecule has 1 rings (SSSR count). The third-order valence-electron chi connectivity index (χ3n) is 2.77. The van der Waals surface area contributed by atoms with Crippen LogP contribution >= 0.6 is 24.0 Å². The number of ether oxygens (including phenoxy) is 1. The molecular formula is C12H25IN4O2. The third-order valence-corrected chi connectivity index (χ3v) is 2.77. The number of carbonyl (C=O) groups is 1. The first-order chi connectivity index (χ1) is 8.50. The topological polar surface area (TPSA) is 80.0 Å². The summed E-state index contributed by atoms with van der Waals surface area (Å²) in [6.45, 7) is 9.01. The fourth-order valence-electron chi connectivity index (χ4n) is 1.68. The number of nitrogens with two attached hydrogens (primary N) is 1. The van der Waals surface area contributed by atoms with Crippen molar-refractivity contribution in [2.75, 3.05) is 32.8 Å². The molecule has 1 amide bonds. The van der Waals surface area contributed by atoms with Crippen molar-refractivity contribution in [1.82, 2.24) is 10.2 Å². The van der Waals surface area contributed by atoms with Gasteiger partial charge in [-0.25, -0.2) is 0 Å². The molecule has 1 unspecified atom stereocenters. The summed E-state index contributed by atoms with van der Waals surface area (Å²) >= 11 is 0. The molecule has 0 spiro atoms. The van der Waals surface area contributed by atoms with Gasteiger partial charge in [0, 0.05) is 25.6 Å². The highest BCUT2D eigenvalue weighted by Crippen LogP contribution is 2.03. The molecule has 6 nitrogen and oxygen atoms in total. The molecular weight excluding hydrogens is 359 g/mol. The molecule has 0 radical (unpaired) electrons. The van der Waals surface area contributed by atoms with Gasteiger partial charge in [-0.15, -0.1) is 24.0 Å². The van der Waals surface area contributed by atoms with Gasteiger partial charge in [-0.3, -0.25) is 9.79 Å². The minimum Gasteiger partial charge on any atom is -0.375 e. The van der Waals surface area contributed by atoms with Crippen molar-refractivity contribution in [2.24, 2.45) is 16.6 Å². The zero-order valence-electron chi connectivity index (χ0n) is 11.9. The summed E-state index contributed by atoms with van der Waals surface area (Å²) in [5.74, 6) is 0.583. The highest BCUT2D eigenvalue weighted by Gasteiger charge is 2.17. The summed E-state index contributed by atoms with van der Waals surface area (Å²) in [6, 6.07) is 0. The number of morpholine rings is 1. The molecule has 0 aromatic heterocycles. The number of amides is 1. The second-order valence-electron chi connectivity index (χ2n) is 4.81. The molecule has 0 aliphatic carbocycles. The van der Waals surface area contributed by atoms with Crippen molar-refractivity contribution in [1.29, 1.82) is 0 Å². The normalized spacial score (nSPS) is 20.1. The zero-order chi connectivity index (χ0) is 13.5. The van der Waals surface area contributed by atoms with E-state index in [9.17, 15) is 4.79 Å². The molecule has 0 saturated carbocycles. The summed E-state index contributed by atoms with van der Waals surface area (Å²) < 4.78 is 5.43. The van der Waals surface area contributed by atoms with E-state index < -0.39 is 0 Å². The van der Waals surface area contributed by atoms with Crippen molar-refractivity contribution < 1.29 is 9.53 Å². The fourth-order valence-corrected chi connectivity index (χ4v) is 1.68. The van der Waals surface area contributed by atoms with Gasteiger partial charge in [0.25, 0.3) is 0 Å². The number of hydrogen-bond donors (Lipinski definition) is 2. The summed E-state index contributed by atoms with van der Waals surface area (Å²) in [6.07, 6.45) is 0.188. The Labute approximate surface area is 132 Å². The number of hydrogen-bond acceptors (Lipinski definition) is 3. The molecule has 1 saturated heterocycles. The molecule has 7 heteroatoms. The van der Waals surface area contributed by atoms with E-state index in [2.05, 4.69) is 10.3 Å². The van der Waals surface area contributed by atoms with Gasteiger partial charge in [0.2, 0.25) is 5.91 Å². The van der Waals surface area contributed by atoms with Gasteiger partial charge in [-0.05, 0) is 6.92 Å². The summed E-state index contributed by atoms with van der Waals surface area (Å²) in [5, 5.41) is 2.80. The van der Waals surface area contributed by atoms with Gasteiger partial charge in [0.15, 0.2) is 5.96 Å². The van der Waals surface area contributed by atoms with Crippen LogP contribution in [-0.4, -0.2) is 55.7 Å². The van der Waals surface area contributed by atoms with E-state index in [0.717, 1.165) is 13.1 Å². The van der Waals surface area contributed by atoms with Crippen LogP contribution < -0.4 is 11.1 Å². The van der Waals surface area contributed by atoms with Crippen LogP contribution in [0.1, 0.15) is 20.8 Å². The van der Waals surface area contributed by atoms with E-state index in [4.69, 9.17) is 10.5 Å². The second kappa shape index (κ2) is 9.35. The van der Waals surface area contributed by atoms with Gasteiger partial charge >= 0.3 is 0 Å². The average Bonchev–Trinajstić information content (AvgIpc) is 2.33. The summed E-state index contributed by atoms with van der Waals surface area (Å²) in [5.41, 5.74) is 5.89. The number of nitrogens with one attached hydrogen (secondary N) is 1. The fraction of sp³-hybridized carbons (Fsp3) is 0.833. The summed E-state index contributed by atoms with van der Waals surface area (Å²) in [7, 11) is 0. The molecule has 0 aromatic carbocycles. The highest BCUT2D eigenvalue weighted by atomic mass is 127. The van der Waals surface area contributed by atoms with E-state index in [-0.39, 0.29) is 41.9 Å². The Morgan fingerprint density at radius 3 is 2.84 bits per heavy atom. The number of carbonyl (C=O) groups excluding carboxylic acids is 1. The standard InChI is InChI=1S/C12H24N4O2.HI/c1-9(2)11(17)14-4-5-15-12(13)16-6-7-18-10(3)8-16;/h9-10H,4-8H2,1-3H3,(H2,13,15)(H,14,17);1H. The third kappa shape index (κ3) is 6.95. The lowest BCUT2D eigenvalue weighted by Crippen LogP contribution is -2.48. The maximum absolute atomic E-state index is 11.3. The predicted octanol–water partition coefficient (Wildman–Crippen LogP) is 0.412. The lowest BCUT2D eigenvalue weighted by molar-refractivity contribution is -0.123. The van der Waals surface area contributed by atoms with E-state index in [1.165, 1.54) is 0 Å². The Morgan fingerprint density at radius 1 is 1.58 bits per heavy atom. The Kier molecular flexibility index (Phi) is 9.07. The molecule has 3 N–H and O–H groups in total. The minimum atomic E-state index is 0. The first kappa shape index (κ1) is 18.4. The maximum Gasteiger partial charge on any atom is 0.222 e. The van der Waals surface area contributed by atoms with Crippen LogP contribution in [-0.2, 0) is 9.53 Å². The number of guanidine groups is 1.